The molecule has 4 aromatic rings. The molecule has 1 atom stereocenters. The Morgan fingerprint density at radius 2 is 1.72 bits per heavy atom. The first kappa shape index (κ1) is 23.7. The van der Waals surface area contributed by atoms with Crippen LogP contribution in [0.4, 0.5) is 11.9 Å². The van der Waals surface area contributed by atoms with Crippen molar-refractivity contribution in [1.29, 1.82) is 0 Å². The lowest BCUT2D eigenvalue weighted by atomic mass is 10.0. The van der Waals surface area contributed by atoms with Crippen LogP contribution in [0.15, 0.2) is 84.9 Å². The number of allylic oxidation sites excluding steroid dienone is 1. The Hall–Kier alpha value is -4.07. The Balaban J connectivity index is 1.43. The Bertz CT molecular complexity index is 1460. The molecule has 0 bridgehead atoms. The van der Waals surface area contributed by atoms with Crippen molar-refractivity contribution in [3.8, 4) is 5.75 Å². The van der Waals surface area contributed by atoms with Gasteiger partial charge in [0.05, 0.1) is 7.11 Å². The van der Waals surface area contributed by atoms with Crippen molar-refractivity contribution in [2.24, 2.45) is 0 Å². The van der Waals surface area contributed by atoms with E-state index in [0.717, 1.165) is 22.4 Å². The first-order chi connectivity index (χ1) is 17.5. The number of benzene rings is 3. The fourth-order valence-corrected chi connectivity index (χ4v) is 4.11. The van der Waals surface area contributed by atoms with Crippen LogP contribution >= 0.6 is 23.2 Å². The van der Waals surface area contributed by atoms with Crippen molar-refractivity contribution in [1.82, 2.24) is 14.8 Å². The molecule has 9 heteroatoms. The van der Waals surface area contributed by atoms with Crippen LogP contribution in [0.25, 0.3) is 11.8 Å². The summed E-state index contributed by atoms with van der Waals surface area (Å²) in [4.78, 5) is 17.1. The maximum Gasteiger partial charge on any atom is 0.250 e. The number of ether oxygens (including phenoxy) is 1. The number of hydrogen-bond donors (Lipinski definition) is 2. The van der Waals surface area contributed by atoms with Crippen LogP contribution in [0, 0.1) is 0 Å². The molecule has 1 aromatic heterocycles. The van der Waals surface area contributed by atoms with Gasteiger partial charge in [-0.25, -0.2) is 4.68 Å². The minimum Gasteiger partial charge on any atom is -0.496 e. The molecule has 1 amide bonds. The van der Waals surface area contributed by atoms with Gasteiger partial charge in [0.15, 0.2) is 0 Å². The summed E-state index contributed by atoms with van der Waals surface area (Å²) in [6.45, 7) is 0. The van der Waals surface area contributed by atoms with Crippen LogP contribution in [0.3, 0.4) is 0 Å². The number of methoxy groups -OCH3 is 1. The van der Waals surface area contributed by atoms with Crippen molar-refractivity contribution in [3.63, 3.8) is 0 Å². The lowest BCUT2D eigenvalue weighted by Crippen LogP contribution is -2.20. The molecule has 0 saturated heterocycles. The topological polar surface area (TPSA) is 81.1 Å². The number of anilines is 2. The lowest BCUT2D eigenvalue weighted by Gasteiger charge is -2.24. The highest BCUT2D eigenvalue weighted by atomic mass is 35.5. The third-order valence-corrected chi connectivity index (χ3v) is 6.12. The zero-order chi connectivity index (χ0) is 25.1. The second-order valence-corrected chi connectivity index (χ2v) is 8.85. The molecule has 2 heterocycles. The molecule has 7 nitrogen and oxygen atoms in total. The predicted molar refractivity (Wildman–Crippen MR) is 143 cm³/mol. The molecule has 0 saturated carbocycles. The monoisotopic (exact) mass is 517 g/mol. The number of aromatic nitrogens is 3. The van der Waals surface area contributed by atoms with Gasteiger partial charge in [-0.15, -0.1) is 5.10 Å². The number of nitrogens with one attached hydrogen (secondary N) is 2. The minimum absolute atomic E-state index is 0.178. The number of carbonyl (C=O) groups is 1. The van der Waals surface area contributed by atoms with Crippen molar-refractivity contribution in [3.05, 3.63) is 112 Å². The fourth-order valence-electron chi connectivity index (χ4n) is 3.86. The zero-order valence-corrected chi connectivity index (χ0v) is 20.7. The summed E-state index contributed by atoms with van der Waals surface area (Å²) in [5.41, 5.74) is 3.54. The second-order valence-electron chi connectivity index (χ2n) is 7.98. The predicted octanol–water partition coefficient (Wildman–Crippen LogP) is 6.30. The molecule has 0 aliphatic carbocycles. The van der Waals surface area contributed by atoms with Gasteiger partial charge >= 0.3 is 0 Å². The van der Waals surface area contributed by atoms with E-state index in [1.165, 1.54) is 6.08 Å². The van der Waals surface area contributed by atoms with Gasteiger partial charge in [-0.2, -0.15) is 4.98 Å². The zero-order valence-electron chi connectivity index (χ0n) is 19.2. The van der Waals surface area contributed by atoms with Gasteiger partial charge in [-0.05, 0) is 53.6 Å². The maximum absolute atomic E-state index is 12.6. The van der Waals surface area contributed by atoms with Gasteiger partial charge < -0.3 is 10.1 Å². The molecule has 0 unspecified atom stereocenters. The van der Waals surface area contributed by atoms with Gasteiger partial charge in [0.25, 0.3) is 11.9 Å². The average molecular weight is 518 g/mol. The highest BCUT2D eigenvalue weighted by Gasteiger charge is 2.25. The second kappa shape index (κ2) is 10.3. The molecular formula is C27H21Cl2N5O2. The molecule has 1 aliphatic rings. The Labute approximate surface area is 218 Å². The Morgan fingerprint density at radius 1 is 1.03 bits per heavy atom. The molecule has 3 aromatic carbocycles. The summed E-state index contributed by atoms with van der Waals surface area (Å²) in [6.07, 6.45) is 5.14. The molecule has 0 fully saturated rings. The van der Waals surface area contributed by atoms with E-state index in [4.69, 9.17) is 27.9 Å². The van der Waals surface area contributed by atoms with Gasteiger partial charge in [0.2, 0.25) is 5.95 Å². The highest BCUT2D eigenvalue weighted by Crippen LogP contribution is 2.34. The molecule has 2 N–H and O–H groups in total. The Kier molecular flexibility index (Phi) is 6.75. The molecule has 0 spiro atoms. The summed E-state index contributed by atoms with van der Waals surface area (Å²) in [5.74, 6) is 0.981. The highest BCUT2D eigenvalue weighted by molar-refractivity contribution is 6.30. The van der Waals surface area contributed by atoms with E-state index in [0.29, 0.717) is 21.7 Å². The average Bonchev–Trinajstić information content (AvgIpc) is 3.30. The SMILES string of the molecule is COc1ccccc1/C=C/C(=O)Nc1nc2n(n1)[C@@H](c1ccc(Cl)cc1)C=C(c1ccc(Cl)cc1)N2. The normalized spacial score (nSPS) is 14.6. The summed E-state index contributed by atoms with van der Waals surface area (Å²) in [6, 6.07) is 22.2. The Morgan fingerprint density at radius 3 is 2.44 bits per heavy atom. The fraction of sp³-hybridized carbons (Fsp3) is 0.0741. The van der Waals surface area contributed by atoms with E-state index in [-0.39, 0.29) is 17.9 Å². The minimum atomic E-state index is -0.363. The van der Waals surface area contributed by atoms with E-state index in [2.05, 4.69) is 20.7 Å². The number of hydrogen-bond acceptors (Lipinski definition) is 5. The number of para-hydroxylation sites is 1. The van der Waals surface area contributed by atoms with E-state index >= 15 is 0 Å². The van der Waals surface area contributed by atoms with E-state index in [9.17, 15) is 4.79 Å². The van der Waals surface area contributed by atoms with Crippen molar-refractivity contribution in [2.75, 3.05) is 17.7 Å². The number of fused-ring (bicyclic) bond motifs is 1. The maximum atomic E-state index is 12.6. The van der Waals surface area contributed by atoms with Crippen molar-refractivity contribution < 1.29 is 9.53 Å². The number of amides is 1. The van der Waals surface area contributed by atoms with Crippen LogP contribution in [0.2, 0.25) is 10.0 Å². The third-order valence-electron chi connectivity index (χ3n) is 5.62. The van der Waals surface area contributed by atoms with Crippen LogP contribution in [0.5, 0.6) is 5.75 Å². The van der Waals surface area contributed by atoms with Crippen LogP contribution < -0.4 is 15.4 Å². The number of halogens is 2. The quantitative estimate of drug-likeness (QED) is 0.293. The van der Waals surface area contributed by atoms with Crippen LogP contribution in [0.1, 0.15) is 22.7 Å². The number of rotatable bonds is 6. The van der Waals surface area contributed by atoms with Crippen LogP contribution in [-0.2, 0) is 4.79 Å². The van der Waals surface area contributed by atoms with Crippen molar-refractivity contribution >= 4 is 52.8 Å². The van der Waals surface area contributed by atoms with E-state index in [1.807, 2.05) is 78.9 Å². The van der Waals surface area contributed by atoms with Gasteiger partial charge in [-0.3, -0.25) is 10.1 Å². The molecule has 5 rings (SSSR count). The summed E-state index contributed by atoms with van der Waals surface area (Å²) in [7, 11) is 1.59. The summed E-state index contributed by atoms with van der Waals surface area (Å²) >= 11 is 12.2. The van der Waals surface area contributed by atoms with Gasteiger partial charge in [0, 0.05) is 27.4 Å². The molecule has 36 heavy (non-hydrogen) atoms. The van der Waals surface area contributed by atoms with E-state index < -0.39 is 0 Å². The first-order valence-corrected chi connectivity index (χ1v) is 11.8. The first-order valence-electron chi connectivity index (χ1n) is 11.1. The van der Waals surface area contributed by atoms with Crippen LogP contribution in [-0.4, -0.2) is 27.8 Å². The van der Waals surface area contributed by atoms with Gasteiger partial charge in [-0.1, -0.05) is 65.7 Å². The molecule has 180 valence electrons. The molecule has 0 radical (unpaired) electrons. The van der Waals surface area contributed by atoms with Crippen molar-refractivity contribution in [2.45, 2.75) is 6.04 Å². The summed E-state index contributed by atoms with van der Waals surface area (Å²) < 4.78 is 7.05. The molecule has 1 aliphatic heterocycles. The number of nitrogens with zero attached hydrogens (tertiary/aromatic N) is 3. The largest absolute Gasteiger partial charge is 0.496 e. The number of carbonyl (C=O) groups excluding carboxylic acids is 1. The molecular weight excluding hydrogens is 497 g/mol. The standard InChI is InChI=1S/C27H21Cl2N5O2/c1-36-24-5-3-2-4-19(24)10-15-25(35)31-26-32-27-30-22(17-6-11-20(28)12-7-17)16-23(34(27)33-26)18-8-13-21(29)14-9-18/h2-16,23H,1H3,(H2,30,31,32,33,35)/b15-10+/t23-/m1/s1. The third kappa shape index (κ3) is 5.12. The summed E-state index contributed by atoms with van der Waals surface area (Å²) in [5, 5.41) is 11.9. The van der Waals surface area contributed by atoms with Gasteiger partial charge in [0.1, 0.15) is 11.8 Å². The smallest absolute Gasteiger partial charge is 0.250 e. The lowest BCUT2D eigenvalue weighted by molar-refractivity contribution is -0.111. The van der Waals surface area contributed by atoms with E-state index in [1.54, 1.807) is 17.9 Å².